The molecule has 1 amide bonds. The summed E-state index contributed by atoms with van der Waals surface area (Å²) in [5.41, 5.74) is 3.16. The highest BCUT2D eigenvalue weighted by Gasteiger charge is 2.25. The molecule has 0 aliphatic carbocycles. The first-order chi connectivity index (χ1) is 11.8. The number of carbonyl (C=O) groups is 2. The minimum absolute atomic E-state index is 0.0343. The number of thiophene rings is 1. The molecule has 0 bridgehead atoms. The quantitative estimate of drug-likeness (QED) is 0.782. The summed E-state index contributed by atoms with van der Waals surface area (Å²) in [6.45, 7) is 10.4. The topological polar surface area (TPSA) is 62.4 Å². The lowest BCUT2D eigenvalue weighted by atomic mass is 10.1. The van der Waals surface area contributed by atoms with E-state index in [0.717, 1.165) is 33.0 Å². The molecule has 6 heteroatoms. The summed E-state index contributed by atoms with van der Waals surface area (Å²) < 4.78 is 4.83. The van der Waals surface area contributed by atoms with Gasteiger partial charge in [-0.05, 0) is 57.4 Å². The van der Waals surface area contributed by atoms with Crippen molar-refractivity contribution in [3.63, 3.8) is 0 Å². The van der Waals surface area contributed by atoms with Gasteiger partial charge in [0.25, 0.3) is 5.91 Å². The second kappa shape index (κ2) is 7.87. The Hall–Kier alpha value is -2.08. The summed E-state index contributed by atoms with van der Waals surface area (Å²) in [4.78, 5) is 31.8. The van der Waals surface area contributed by atoms with E-state index in [2.05, 4.69) is 18.8 Å². The van der Waals surface area contributed by atoms with Crippen molar-refractivity contribution in [2.24, 2.45) is 0 Å². The lowest BCUT2D eigenvalue weighted by molar-refractivity contribution is 0.0593. The van der Waals surface area contributed by atoms with Gasteiger partial charge in [0.1, 0.15) is 5.69 Å². The molecule has 0 radical (unpaired) electrons. The van der Waals surface area contributed by atoms with Crippen LogP contribution >= 0.6 is 11.3 Å². The van der Waals surface area contributed by atoms with E-state index in [1.165, 1.54) is 18.4 Å². The Labute approximate surface area is 153 Å². The molecule has 0 fully saturated rings. The molecule has 2 rings (SSSR count). The first-order valence-electron chi connectivity index (χ1n) is 8.43. The maximum absolute atomic E-state index is 13.0. The number of rotatable bonds is 6. The number of amides is 1. The normalized spacial score (nSPS) is 12.1. The van der Waals surface area contributed by atoms with E-state index in [1.807, 2.05) is 37.8 Å². The van der Waals surface area contributed by atoms with Crippen LogP contribution in [0.2, 0.25) is 0 Å². The van der Waals surface area contributed by atoms with Crippen LogP contribution in [0, 0.1) is 20.8 Å². The molecule has 0 saturated heterocycles. The van der Waals surface area contributed by atoms with E-state index in [-0.39, 0.29) is 17.9 Å². The SMILES string of the molecule is CCC(C)N(Cc1c(C)[nH]c(C(=O)OC)c1C)C(=O)c1ccc(C)s1. The Morgan fingerprint density at radius 1 is 1.28 bits per heavy atom. The summed E-state index contributed by atoms with van der Waals surface area (Å²) >= 11 is 1.51. The molecule has 1 N–H and O–H groups in total. The zero-order valence-corrected chi connectivity index (χ0v) is 16.5. The van der Waals surface area contributed by atoms with Gasteiger partial charge in [-0.3, -0.25) is 4.79 Å². The number of H-pyrrole nitrogens is 1. The Morgan fingerprint density at radius 2 is 1.96 bits per heavy atom. The number of aryl methyl sites for hydroxylation is 2. The van der Waals surface area contributed by atoms with Crippen molar-refractivity contribution in [3.05, 3.63) is 44.4 Å². The number of methoxy groups -OCH3 is 1. The summed E-state index contributed by atoms with van der Waals surface area (Å²) in [6, 6.07) is 3.95. The highest BCUT2D eigenvalue weighted by molar-refractivity contribution is 7.13. The largest absolute Gasteiger partial charge is 0.464 e. The molecule has 25 heavy (non-hydrogen) atoms. The van der Waals surface area contributed by atoms with Crippen LogP contribution in [0.4, 0.5) is 0 Å². The summed E-state index contributed by atoms with van der Waals surface area (Å²) in [5, 5.41) is 0. The third-order valence-corrected chi connectivity index (χ3v) is 5.63. The highest BCUT2D eigenvalue weighted by Crippen LogP contribution is 2.25. The maximum atomic E-state index is 13.0. The third kappa shape index (κ3) is 3.95. The molecule has 1 atom stereocenters. The lowest BCUT2D eigenvalue weighted by Crippen LogP contribution is -2.37. The van der Waals surface area contributed by atoms with Crippen LogP contribution in [0.25, 0.3) is 0 Å². The van der Waals surface area contributed by atoms with E-state index in [9.17, 15) is 9.59 Å². The van der Waals surface area contributed by atoms with Crippen molar-refractivity contribution in [3.8, 4) is 0 Å². The van der Waals surface area contributed by atoms with Crippen molar-refractivity contribution in [2.45, 2.75) is 53.6 Å². The van der Waals surface area contributed by atoms with Gasteiger partial charge in [0, 0.05) is 23.2 Å². The minimum Gasteiger partial charge on any atom is -0.464 e. The number of hydrogen-bond donors (Lipinski definition) is 1. The molecule has 1 unspecified atom stereocenters. The molecule has 0 aromatic carbocycles. The number of esters is 1. The third-order valence-electron chi connectivity index (χ3n) is 4.65. The minimum atomic E-state index is -0.387. The average molecular weight is 362 g/mol. The van der Waals surface area contributed by atoms with Gasteiger partial charge in [0.15, 0.2) is 0 Å². The zero-order chi connectivity index (χ0) is 18.7. The molecule has 0 saturated carbocycles. The fourth-order valence-corrected chi connectivity index (χ4v) is 3.67. The average Bonchev–Trinajstić information content (AvgIpc) is 3.15. The van der Waals surface area contributed by atoms with Crippen LogP contribution in [-0.2, 0) is 11.3 Å². The second-order valence-corrected chi connectivity index (χ2v) is 7.61. The van der Waals surface area contributed by atoms with Crippen LogP contribution in [-0.4, -0.2) is 34.9 Å². The Balaban J connectivity index is 2.37. The van der Waals surface area contributed by atoms with Gasteiger partial charge >= 0.3 is 5.97 Å². The van der Waals surface area contributed by atoms with Crippen LogP contribution in [0.1, 0.15) is 62.1 Å². The first kappa shape index (κ1) is 19.2. The summed E-state index contributed by atoms with van der Waals surface area (Å²) in [6.07, 6.45) is 0.864. The molecule has 0 aliphatic heterocycles. The number of hydrogen-bond acceptors (Lipinski definition) is 4. The van der Waals surface area contributed by atoms with E-state index in [4.69, 9.17) is 4.74 Å². The predicted octanol–water partition coefficient (Wildman–Crippen LogP) is 4.23. The van der Waals surface area contributed by atoms with Crippen molar-refractivity contribution < 1.29 is 14.3 Å². The number of aromatic nitrogens is 1. The van der Waals surface area contributed by atoms with Gasteiger partial charge in [-0.15, -0.1) is 11.3 Å². The monoisotopic (exact) mass is 362 g/mol. The molecule has 136 valence electrons. The smallest absolute Gasteiger partial charge is 0.354 e. The maximum Gasteiger partial charge on any atom is 0.354 e. The number of nitrogens with one attached hydrogen (secondary N) is 1. The van der Waals surface area contributed by atoms with Gasteiger partial charge in [0.05, 0.1) is 12.0 Å². The second-order valence-electron chi connectivity index (χ2n) is 6.32. The van der Waals surface area contributed by atoms with Crippen molar-refractivity contribution >= 4 is 23.2 Å². The molecule has 0 spiro atoms. The van der Waals surface area contributed by atoms with Gasteiger partial charge < -0.3 is 14.6 Å². The van der Waals surface area contributed by atoms with E-state index < -0.39 is 0 Å². The lowest BCUT2D eigenvalue weighted by Gasteiger charge is -2.28. The van der Waals surface area contributed by atoms with E-state index in [0.29, 0.717) is 12.2 Å². The van der Waals surface area contributed by atoms with Crippen LogP contribution < -0.4 is 0 Å². The Morgan fingerprint density at radius 3 is 2.48 bits per heavy atom. The number of aromatic amines is 1. The van der Waals surface area contributed by atoms with E-state index >= 15 is 0 Å². The van der Waals surface area contributed by atoms with Gasteiger partial charge in [-0.2, -0.15) is 0 Å². The highest BCUT2D eigenvalue weighted by atomic mass is 32.1. The molecule has 2 aromatic rings. The van der Waals surface area contributed by atoms with Crippen LogP contribution in [0.15, 0.2) is 12.1 Å². The molecule has 0 aliphatic rings. The van der Waals surface area contributed by atoms with Gasteiger partial charge in [-0.1, -0.05) is 6.92 Å². The molecule has 2 aromatic heterocycles. The molecule has 2 heterocycles. The van der Waals surface area contributed by atoms with Gasteiger partial charge in [0.2, 0.25) is 0 Å². The van der Waals surface area contributed by atoms with E-state index in [1.54, 1.807) is 0 Å². The fourth-order valence-electron chi connectivity index (χ4n) is 2.84. The standard InChI is InChI=1S/C19H26N2O3S/c1-7-11(2)21(18(22)16-9-8-12(3)25-16)10-15-13(4)17(19(23)24-6)20-14(15)5/h8-9,11,20H,7,10H2,1-6H3. The number of nitrogens with zero attached hydrogens (tertiary/aromatic N) is 1. The van der Waals surface area contributed by atoms with Gasteiger partial charge in [-0.25, -0.2) is 4.79 Å². The summed E-state index contributed by atoms with van der Waals surface area (Å²) in [7, 11) is 1.37. The summed E-state index contributed by atoms with van der Waals surface area (Å²) in [5.74, 6) is -0.353. The van der Waals surface area contributed by atoms with Crippen molar-refractivity contribution in [1.29, 1.82) is 0 Å². The van der Waals surface area contributed by atoms with Crippen molar-refractivity contribution in [2.75, 3.05) is 7.11 Å². The molecular weight excluding hydrogens is 336 g/mol. The van der Waals surface area contributed by atoms with Crippen LogP contribution in [0.3, 0.4) is 0 Å². The fraction of sp³-hybridized carbons (Fsp3) is 0.474. The molecular formula is C19H26N2O3S. The predicted molar refractivity (Wildman–Crippen MR) is 100 cm³/mol. The van der Waals surface area contributed by atoms with Crippen molar-refractivity contribution in [1.82, 2.24) is 9.88 Å². The Bertz CT molecular complexity index is 776. The van der Waals surface area contributed by atoms with Crippen LogP contribution in [0.5, 0.6) is 0 Å². The number of carbonyl (C=O) groups excluding carboxylic acids is 2. The first-order valence-corrected chi connectivity index (χ1v) is 9.25. The Kier molecular flexibility index (Phi) is 6.06. The number of ether oxygens (including phenoxy) is 1. The molecule has 5 nitrogen and oxygen atoms in total. The zero-order valence-electron chi connectivity index (χ0n) is 15.7.